The van der Waals surface area contributed by atoms with Crippen molar-refractivity contribution in [3.05, 3.63) is 56.3 Å². The van der Waals surface area contributed by atoms with E-state index < -0.39 is 11.6 Å². The van der Waals surface area contributed by atoms with Gasteiger partial charge in [0.25, 0.3) is 0 Å². The van der Waals surface area contributed by atoms with Gasteiger partial charge in [-0.25, -0.2) is 8.78 Å². The largest absolute Gasteiger partial charge is 0.308 e. The van der Waals surface area contributed by atoms with E-state index in [9.17, 15) is 8.78 Å². The summed E-state index contributed by atoms with van der Waals surface area (Å²) in [5.74, 6) is -1.35. The number of halogens is 2. The molecule has 0 spiro atoms. The van der Waals surface area contributed by atoms with E-state index in [4.69, 9.17) is 5.26 Å². The van der Waals surface area contributed by atoms with Crippen LogP contribution in [-0.4, -0.2) is 0 Å². The van der Waals surface area contributed by atoms with Crippen LogP contribution in [0.3, 0.4) is 0 Å². The SMILES string of the molecule is N#Cc1cc(F)c(CNCc2cc3c(s2)CCC3)c(F)c1. The molecule has 1 heterocycles. The van der Waals surface area contributed by atoms with Crippen molar-refractivity contribution in [1.82, 2.24) is 5.32 Å². The van der Waals surface area contributed by atoms with Crippen LogP contribution in [0.1, 0.15) is 32.9 Å². The second kappa shape index (κ2) is 5.92. The molecule has 5 heteroatoms. The Hall–Kier alpha value is -1.77. The number of rotatable bonds is 4. The molecular weight excluding hydrogens is 290 g/mol. The highest BCUT2D eigenvalue weighted by atomic mass is 32.1. The van der Waals surface area contributed by atoms with Gasteiger partial charge in [-0.2, -0.15) is 5.26 Å². The summed E-state index contributed by atoms with van der Waals surface area (Å²) in [5, 5.41) is 11.7. The first-order valence-corrected chi connectivity index (χ1v) is 7.68. The van der Waals surface area contributed by atoms with Crippen molar-refractivity contribution in [2.75, 3.05) is 0 Å². The molecule has 21 heavy (non-hydrogen) atoms. The van der Waals surface area contributed by atoms with E-state index in [0.29, 0.717) is 6.54 Å². The first kappa shape index (κ1) is 14.2. The van der Waals surface area contributed by atoms with Crippen LogP contribution < -0.4 is 5.32 Å². The molecular formula is C16H14F2N2S. The minimum atomic E-state index is -0.673. The molecule has 1 aromatic heterocycles. The third-order valence-electron chi connectivity index (χ3n) is 3.67. The summed E-state index contributed by atoms with van der Waals surface area (Å²) < 4.78 is 27.5. The summed E-state index contributed by atoms with van der Waals surface area (Å²) in [6.45, 7) is 0.725. The van der Waals surface area contributed by atoms with Gasteiger partial charge in [-0.3, -0.25) is 0 Å². The van der Waals surface area contributed by atoms with Crippen molar-refractivity contribution in [2.24, 2.45) is 0 Å². The topological polar surface area (TPSA) is 35.8 Å². The van der Waals surface area contributed by atoms with Gasteiger partial charge < -0.3 is 5.32 Å². The van der Waals surface area contributed by atoms with E-state index in [1.54, 1.807) is 17.4 Å². The zero-order valence-corrected chi connectivity index (χ0v) is 12.2. The standard InChI is InChI=1S/C16H14F2N2S/c17-14-4-10(7-19)5-15(18)13(14)9-20-8-12-6-11-2-1-3-16(11)21-12/h4-6,20H,1-3,8-9H2. The average molecular weight is 304 g/mol. The molecule has 1 aliphatic carbocycles. The summed E-state index contributed by atoms with van der Waals surface area (Å²) in [6.07, 6.45) is 3.53. The molecule has 108 valence electrons. The number of aryl methyl sites for hydroxylation is 2. The summed E-state index contributed by atoms with van der Waals surface area (Å²) in [6, 6.07) is 6.07. The fourth-order valence-corrected chi connectivity index (χ4v) is 3.86. The van der Waals surface area contributed by atoms with Crippen molar-refractivity contribution in [3.8, 4) is 6.07 Å². The van der Waals surface area contributed by atoms with E-state index >= 15 is 0 Å². The second-order valence-corrected chi connectivity index (χ2v) is 6.37. The van der Waals surface area contributed by atoms with Crippen molar-refractivity contribution >= 4 is 11.3 Å². The summed E-state index contributed by atoms with van der Waals surface area (Å²) in [7, 11) is 0. The summed E-state index contributed by atoms with van der Waals surface area (Å²) >= 11 is 1.78. The quantitative estimate of drug-likeness (QED) is 0.935. The van der Waals surface area contributed by atoms with Crippen molar-refractivity contribution in [3.63, 3.8) is 0 Å². The molecule has 0 radical (unpaired) electrons. The minimum Gasteiger partial charge on any atom is -0.308 e. The van der Waals surface area contributed by atoms with Gasteiger partial charge in [0.15, 0.2) is 0 Å². The molecule has 0 unspecified atom stereocenters. The zero-order chi connectivity index (χ0) is 14.8. The number of benzene rings is 1. The summed E-state index contributed by atoms with van der Waals surface area (Å²) in [5.41, 5.74) is 1.41. The summed E-state index contributed by atoms with van der Waals surface area (Å²) in [4.78, 5) is 2.65. The van der Waals surface area contributed by atoms with E-state index in [-0.39, 0.29) is 17.7 Å². The molecule has 0 saturated heterocycles. The van der Waals surface area contributed by atoms with Crippen molar-refractivity contribution in [2.45, 2.75) is 32.4 Å². The first-order valence-electron chi connectivity index (χ1n) is 6.86. The van der Waals surface area contributed by atoms with Gasteiger partial charge >= 0.3 is 0 Å². The number of thiophene rings is 1. The van der Waals surface area contributed by atoms with Gasteiger partial charge in [0.1, 0.15) is 11.6 Å². The molecule has 0 amide bonds. The Morgan fingerprint density at radius 2 is 1.90 bits per heavy atom. The van der Waals surface area contributed by atoms with Gasteiger partial charge in [0.05, 0.1) is 11.6 Å². The van der Waals surface area contributed by atoms with Crippen LogP contribution in [0.25, 0.3) is 0 Å². The predicted molar refractivity (Wildman–Crippen MR) is 78.0 cm³/mol. The van der Waals surface area contributed by atoms with Crippen LogP contribution >= 0.6 is 11.3 Å². The predicted octanol–water partition coefficient (Wildman–Crippen LogP) is 3.68. The second-order valence-electron chi connectivity index (χ2n) is 5.15. The Morgan fingerprint density at radius 1 is 1.14 bits per heavy atom. The number of nitriles is 1. The maximum atomic E-state index is 13.7. The Balaban J connectivity index is 1.64. The molecule has 0 atom stereocenters. The molecule has 3 rings (SSSR count). The number of hydrogen-bond donors (Lipinski definition) is 1. The zero-order valence-electron chi connectivity index (χ0n) is 11.4. The van der Waals surface area contributed by atoms with E-state index in [1.165, 1.54) is 21.7 Å². The smallest absolute Gasteiger partial charge is 0.131 e. The first-order chi connectivity index (χ1) is 10.2. The molecule has 0 fully saturated rings. The lowest BCUT2D eigenvalue weighted by molar-refractivity contribution is 0.535. The maximum Gasteiger partial charge on any atom is 0.131 e. The van der Waals surface area contributed by atoms with E-state index in [0.717, 1.165) is 25.0 Å². The molecule has 0 bridgehead atoms. The highest BCUT2D eigenvalue weighted by molar-refractivity contribution is 7.12. The molecule has 0 aliphatic heterocycles. The monoisotopic (exact) mass is 304 g/mol. The third kappa shape index (κ3) is 2.97. The Morgan fingerprint density at radius 3 is 2.57 bits per heavy atom. The van der Waals surface area contributed by atoms with Gasteiger partial charge in [0, 0.05) is 28.4 Å². The van der Waals surface area contributed by atoms with Crippen LogP contribution in [0.4, 0.5) is 8.78 Å². The fraction of sp³-hybridized carbons (Fsp3) is 0.312. The van der Waals surface area contributed by atoms with Crippen LogP contribution in [0.5, 0.6) is 0 Å². The van der Waals surface area contributed by atoms with Crippen LogP contribution in [0.15, 0.2) is 18.2 Å². The van der Waals surface area contributed by atoms with Gasteiger partial charge in [-0.05, 0) is 43.0 Å². The molecule has 2 nitrogen and oxygen atoms in total. The van der Waals surface area contributed by atoms with Crippen molar-refractivity contribution in [1.29, 1.82) is 5.26 Å². The highest BCUT2D eigenvalue weighted by Crippen LogP contribution is 2.30. The number of fused-ring (bicyclic) bond motifs is 1. The number of nitrogens with zero attached hydrogens (tertiary/aromatic N) is 1. The van der Waals surface area contributed by atoms with Gasteiger partial charge in [-0.15, -0.1) is 11.3 Å². The van der Waals surface area contributed by atoms with E-state index in [1.807, 2.05) is 0 Å². The minimum absolute atomic E-state index is 0.00318. The van der Waals surface area contributed by atoms with E-state index in [2.05, 4.69) is 11.4 Å². The molecule has 1 aliphatic rings. The molecule has 1 aromatic carbocycles. The molecule has 0 saturated carbocycles. The third-order valence-corrected chi connectivity index (χ3v) is 4.91. The average Bonchev–Trinajstić information content (AvgIpc) is 3.02. The fourth-order valence-electron chi connectivity index (χ4n) is 2.62. The Labute approximate surface area is 126 Å². The number of nitrogens with one attached hydrogen (secondary N) is 1. The highest BCUT2D eigenvalue weighted by Gasteiger charge is 2.15. The lowest BCUT2D eigenvalue weighted by Gasteiger charge is -2.07. The maximum absolute atomic E-state index is 13.7. The number of hydrogen-bond acceptors (Lipinski definition) is 3. The van der Waals surface area contributed by atoms with Crippen LogP contribution in [0, 0.1) is 23.0 Å². The van der Waals surface area contributed by atoms with Gasteiger partial charge in [0.2, 0.25) is 0 Å². The van der Waals surface area contributed by atoms with Crippen LogP contribution in [-0.2, 0) is 25.9 Å². The normalized spacial score (nSPS) is 13.2. The lowest BCUT2D eigenvalue weighted by Crippen LogP contribution is -2.14. The Kier molecular flexibility index (Phi) is 4.00. The van der Waals surface area contributed by atoms with Crippen LogP contribution in [0.2, 0.25) is 0 Å². The van der Waals surface area contributed by atoms with Crippen molar-refractivity contribution < 1.29 is 8.78 Å². The lowest BCUT2D eigenvalue weighted by atomic mass is 10.1. The molecule has 1 N–H and O–H groups in total. The van der Waals surface area contributed by atoms with Gasteiger partial charge in [-0.1, -0.05) is 0 Å². The Bertz CT molecular complexity index is 671. The molecule has 2 aromatic rings.